The summed E-state index contributed by atoms with van der Waals surface area (Å²) in [5.41, 5.74) is 0. The molecule has 12 unspecified atom stereocenters. The molecule has 4 saturated heterocycles. The highest BCUT2D eigenvalue weighted by Gasteiger charge is 2.58. The standard InChI is InChI=1S/C19H28O4S2.C18H26O4S2/c1-18-6-4-12(10-14(18)24-18)16(20)22-8-3-9-23-17(21)13-5-7-19(2)15(11-13)25-19;1-17-5-3-11(9-13(17)23-17)15(19)21-7-8-22-16(20)12-4-6-18(2)14(10-12)24-18/h12-15H,3-11H2,1-2H3;11-14H,3-10H2,1-2H3. The number of ether oxygens (including phenoxy) is 4. The summed E-state index contributed by atoms with van der Waals surface area (Å²) in [6, 6.07) is 0. The average Bonchev–Trinajstić information content (AvgIpc) is 3.97. The first-order chi connectivity index (χ1) is 23.3. The number of hydrogen-bond donors (Lipinski definition) is 0. The van der Waals surface area contributed by atoms with E-state index in [0.29, 0.717) is 59.6 Å². The van der Waals surface area contributed by atoms with Crippen LogP contribution in [0.4, 0.5) is 0 Å². The van der Waals surface area contributed by atoms with Crippen LogP contribution in [0.3, 0.4) is 0 Å². The normalized spacial score (nSPS) is 44.9. The maximum absolute atomic E-state index is 12.1. The van der Waals surface area contributed by atoms with Crippen LogP contribution in [0.25, 0.3) is 0 Å². The Balaban J connectivity index is 0.000000154. The number of carbonyl (C=O) groups excluding carboxylic acids is 4. The van der Waals surface area contributed by atoms with Crippen molar-refractivity contribution >= 4 is 70.9 Å². The SMILES string of the molecule is CC12CCC(C(=O)OCCCOC(=O)C3CCC4(C)SC4C3)CC1S2.CC12CCC(C(=O)OCCOC(=O)C3CCC4(C)SC4C3)CC1S2. The van der Waals surface area contributed by atoms with Crippen LogP contribution in [0.2, 0.25) is 0 Å². The van der Waals surface area contributed by atoms with Crippen LogP contribution in [0.15, 0.2) is 0 Å². The highest BCUT2D eigenvalue weighted by Crippen LogP contribution is 2.64. The smallest absolute Gasteiger partial charge is 0.309 e. The van der Waals surface area contributed by atoms with Gasteiger partial charge < -0.3 is 18.9 Å². The van der Waals surface area contributed by atoms with E-state index >= 15 is 0 Å². The lowest BCUT2D eigenvalue weighted by atomic mass is 9.83. The molecule has 8 nitrogen and oxygen atoms in total. The quantitative estimate of drug-likeness (QED) is 0.0920. The molecule has 4 saturated carbocycles. The van der Waals surface area contributed by atoms with E-state index in [0.717, 1.165) is 77.0 Å². The van der Waals surface area contributed by atoms with Gasteiger partial charge in [-0.05, 0) is 105 Å². The molecule has 0 aromatic heterocycles. The fourth-order valence-electron chi connectivity index (χ4n) is 8.60. The lowest BCUT2D eigenvalue weighted by Gasteiger charge is -2.23. The van der Waals surface area contributed by atoms with Crippen molar-refractivity contribution in [3.05, 3.63) is 0 Å². The molecule has 8 fully saturated rings. The van der Waals surface area contributed by atoms with Gasteiger partial charge in [0.15, 0.2) is 0 Å². The monoisotopic (exact) mass is 754 g/mol. The molecule has 0 amide bonds. The molecule has 8 rings (SSSR count). The summed E-state index contributed by atoms with van der Waals surface area (Å²) in [4.78, 5) is 48.5. The predicted molar refractivity (Wildman–Crippen MR) is 197 cm³/mol. The second-order valence-electron chi connectivity index (χ2n) is 16.6. The van der Waals surface area contributed by atoms with Crippen molar-refractivity contribution in [2.75, 3.05) is 26.4 Å². The second-order valence-corrected chi connectivity index (χ2v) is 23.5. The van der Waals surface area contributed by atoms with Crippen molar-refractivity contribution in [1.29, 1.82) is 0 Å². The molecule has 4 aliphatic heterocycles. The summed E-state index contributed by atoms with van der Waals surface area (Å²) < 4.78 is 23.2. The first kappa shape index (κ1) is 36.6. The van der Waals surface area contributed by atoms with Crippen LogP contribution in [-0.2, 0) is 38.1 Å². The van der Waals surface area contributed by atoms with Crippen LogP contribution >= 0.6 is 47.0 Å². The van der Waals surface area contributed by atoms with Crippen molar-refractivity contribution in [2.24, 2.45) is 23.7 Å². The van der Waals surface area contributed by atoms with Gasteiger partial charge in [0, 0.05) is 46.4 Å². The van der Waals surface area contributed by atoms with Gasteiger partial charge in [-0.3, -0.25) is 19.2 Å². The summed E-state index contributed by atoms with van der Waals surface area (Å²) in [7, 11) is 0. The highest BCUT2D eigenvalue weighted by atomic mass is 32.2. The molecular formula is C37H54O8S4. The molecule has 274 valence electrons. The number of carbonyl (C=O) groups is 4. The zero-order valence-electron chi connectivity index (χ0n) is 29.5. The largest absolute Gasteiger partial charge is 0.465 e. The van der Waals surface area contributed by atoms with Crippen molar-refractivity contribution in [2.45, 2.75) is 151 Å². The molecule has 0 N–H and O–H groups in total. The number of hydrogen-bond acceptors (Lipinski definition) is 12. The van der Waals surface area contributed by atoms with E-state index in [2.05, 4.69) is 27.7 Å². The molecule has 12 atom stereocenters. The van der Waals surface area contributed by atoms with Gasteiger partial charge in [-0.25, -0.2) is 0 Å². The number of rotatable bonds is 11. The Labute approximate surface area is 308 Å². The highest BCUT2D eigenvalue weighted by molar-refractivity contribution is 8.09. The Bertz CT molecular complexity index is 1220. The Morgan fingerprint density at radius 3 is 0.939 bits per heavy atom. The minimum atomic E-state index is -0.108. The van der Waals surface area contributed by atoms with Crippen molar-refractivity contribution in [3.63, 3.8) is 0 Å². The van der Waals surface area contributed by atoms with Crippen molar-refractivity contribution in [1.82, 2.24) is 0 Å². The Morgan fingerprint density at radius 1 is 0.449 bits per heavy atom. The molecule has 8 aliphatic rings. The van der Waals surface area contributed by atoms with Crippen LogP contribution in [0.5, 0.6) is 0 Å². The van der Waals surface area contributed by atoms with E-state index in [1.165, 1.54) is 0 Å². The minimum absolute atomic E-state index is 0.0386. The molecule has 4 heterocycles. The van der Waals surface area contributed by atoms with E-state index < -0.39 is 0 Å². The van der Waals surface area contributed by atoms with Gasteiger partial charge in [-0.1, -0.05) is 0 Å². The molecule has 0 spiro atoms. The van der Waals surface area contributed by atoms with Gasteiger partial charge >= 0.3 is 23.9 Å². The fourth-order valence-corrected chi connectivity index (χ4v) is 14.0. The molecule has 0 bridgehead atoms. The molecule has 49 heavy (non-hydrogen) atoms. The zero-order valence-corrected chi connectivity index (χ0v) is 32.8. The molecular weight excluding hydrogens is 701 g/mol. The first-order valence-corrected chi connectivity index (χ1v) is 22.2. The molecule has 12 heteroatoms. The van der Waals surface area contributed by atoms with Crippen molar-refractivity contribution < 1.29 is 38.1 Å². The van der Waals surface area contributed by atoms with Gasteiger partial charge in [0.1, 0.15) is 13.2 Å². The van der Waals surface area contributed by atoms with Crippen LogP contribution in [-0.4, -0.2) is 90.3 Å². The molecule has 0 aromatic carbocycles. The summed E-state index contributed by atoms with van der Waals surface area (Å²) in [5, 5.41) is 2.58. The van der Waals surface area contributed by atoms with E-state index in [9.17, 15) is 19.2 Å². The third kappa shape index (κ3) is 8.58. The lowest BCUT2D eigenvalue weighted by Crippen LogP contribution is -2.30. The van der Waals surface area contributed by atoms with Gasteiger partial charge in [0.05, 0.1) is 36.9 Å². The van der Waals surface area contributed by atoms with Gasteiger partial charge in [0.25, 0.3) is 0 Å². The average molecular weight is 755 g/mol. The number of thioether (sulfide) groups is 4. The van der Waals surface area contributed by atoms with Gasteiger partial charge in [-0.2, -0.15) is 0 Å². The summed E-state index contributed by atoms with van der Waals surface area (Å²) in [5.74, 6) is -0.108. The van der Waals surface area contributed by atoms with E-state index in [-0.39, 0.29) is 60.8 Å². The second kappa shape index (κ2) is 14.3. The Hall–Kier alpha value is -0.720. The summed E-state index contributed by atoms with van der Waals surface area (Å²) in [6.07, 6.45) is 12.6. The minimum Gasteiger partial charge on any atom is -0.465 e. The zero-order chi connectivity index (χ0) is 34.6. The Kier molecular flexibility index (Phi) is 10.7. The predicted octanol–water partition coefficient (Wildman–Crippen LogP) is 7.23. The van der Waals surface area contributed by atoms with Crippen LogP contribution < -0.4 is 0 Å². The number of fused-ring (bicyclic) bond motifs is 4. The fraction of sp³-hybridized carbons (Fsp3) is 0.892. The van der Waals surface area contributed by atoms with E-state index in [1.807, 2.05) is 47.0 Å². The lowest BCUT2D eigenvalue weighted by molar-refractivity contribution is -0.158. The van der Waals surface area contributed by atoms with Crippen molar-refractivity contribution in [3.8, 4) is 0 Å². The van der Waals surface area contributed by atoms with E-state index in [4.69, 9.17) is 18.9 Å². The third-order valence-electron chi connectivity index (χ3n) is 12.8. The summed E-state index contributed by atoms with van der Waals surface area (Å²) >= 11 is 8.00. The molecule has 0 radical (unpaired) electrons. The third-order valence-corrected chi connectivity index (χ3v) is 19.9. The Morgan fingerprint density at radius 2 is 0.694 bits per heavy atom. The van der Waals surface area contributed by atoms with Gasteiger partial charge in [0.2, 0.25) is 0 Å². The molecule has 0 aromatic rings. The first-order valence-electron chi connectivity index (χ1n) is 18.7. The van der Waals surface area contributed by atoms with Crippen LogP contribution in [0.1, 0.15) is 111 Å². The topological polar surface area (TPSA) is 105 Å². The van der Waals surface area contributed by atoms with Crippen LogP contribution in [0, 0.1) is 23.7 Å². The maximum Gasteiger partial charge on any atom is 0.309 e. The maximum atomic E-state index is 12.1. The van der Waals surface area contributed by atoms with Gasteiger partial charge in [-0.15, -0.1) is 47.0 Å². The summed E-state index contributed by atoms with van der Waals surface area (Å²) in [6.45, 7) is 10.3. The molecule has 4 aliphatic carbocycles. The van der Waals surface area contributed by atoms with E-state index in [1.54, 1.807) is 0 Å². The number of esters is 4.